The number of hydrogen-bond donors (Lipinski definition) is 4. The van der Waals surface area contributed by atoms with Crippen LogP contribution in [0.15, 0.2) is 48.5 Å². The van der Waals surface area contributed by atoms with Gasteiger partial charge in [-0.3, -0.25) is 14.4 Å². The van der Waals surface area contributed by atoms with Crippen molar-refractivity contribution in [1.82, 2.24) is 15.5 Å². The highest BCUT2D eigenvalue weighted by Crippen LogP contribution is 2.39. The third kappa shape index (κ3) is 5.97. The maximum atomic E-state index is 13.5. The number of aliphatic hydroxyl groups excluding tert-OH is 1. The maximum Gasteiger partial charge on any atom is 0.254 e. The number of rotatable bonds is 8. The average molecular weight is 500 g/mol. The molecule has 0 aliphatic carbocycles. The minimum Gasteiger partial charge on any atom is -0.508 e. The minimum absolute atomic E-state index is 0.0185. The van der Waals surface area contributed by atoms with Gasteiger partial charge in [-0.1, -0.05) is 36.4 Å². The maximum absolute atomic E-state index is 13.5. The molecule has 188 valence electrons. The van der Waals surface area contributed by atoms with Gasteiger partial charge in [-0.2, -0.15) is 0 Å². The molecule has 35 heavy (non-hydrogen) atoms. The van der Waals surface area contributed by atoms with Crippen LogP contribution < -0.4 is 10.6 Å². The number of hydrogen-bond acceptors (Lipinski definition) is 6. The number of carbonyl (C=O) groups is 3. The van der Waals surface area contributed by atoms with Crippen molar-refractivity contribution in [2.24, 2.45) is 0 Å². The number of phenols is 1. The van der Waals surface area contributed by atoms with E-state index >= 15 is 0 Å². The van der Waals surface area contributed by atoms with E-state index in [1.165, 1.54) is 22.7 Å². The zero-order valence-electron chi connectivity index (χ0n) is 20.4. The summed E-state index contributed by atoms with van der Waals surface area (Å²) in [6.45, 7) is 7.65. The van der Waals surface area contributed by atoms with Crippen molar-refractivity contribution in [3.8, 4) is 5.75 Å². The highest BCUT2D eigenvalue weighted by atomic mass is 32.2. The van der Waals surface area contributed by atoms with E-state index in [9.17, 15) is 24.6 Å². The van der Waals surface area contributed by atoms with Gasteiger partial charge in [0.25, 0.3) is 11.8 Å². The van der Waals surface area contributed by atoms with Crippen molar-refractivity contribution >= 4 is 29.5 Å². The van der Waals surface area contributed by atoms with Crippen molar-refractivity contribution in [1.29, 1.82) is 0 Å². The summed E-state index contributed by atoms with van der Waals surface area (Å²) in [4.78, 5) is 40.8. The molecule has 8 nitrogen and oxygen atoms in total. The SMILES string of the molecule is CCNC(=O)[C@H]1N(C(=O)[C@@H](O)[C@H](Cc2ccccc2)NC(=O)c2cccc(O)c2C)CSC1(C)C. The second-order valence-electron chi connectivity index (χ2n) is 9.15. The Balaban J connectivity index is 1.89. The van der Waals surface area contributed by atoms with Crippen molar-refractivity contribution in [2.45, 2.75) is 57.1 Å². The number of likely N-dealkylation sites (N-methyl/N-ethyl adjacent to an activating group) is 1. The van der Waals surface area contributed by atoms with Crippen LogP contribution in [0.1, 0.15) is 42.3 Å². The van der Waals surface area contributed by atoms with Gasteiger partial charge in [-0.15, -0.1) is 11.8 Å². The van der Waals surface area contributed by atoms with Gasteiger partial charge in [-0.05, 0) is 51.8 Å². The Kier molecular flexibility index (Phi) is 8.45. The van der Waals surface area contributed by atoms with Crippen LogP contribution in [0, 0.1) is 6.92 Å². The summed E-state index contributed by atoms with van der Waals surface area (Å²) >= 11 is 1.46. The summed E-state index contributed by atoms with van der Waals surface area (Å²) in [6.07, 6.45) is -1.38. The Labute approximate surface area is 210 Å². The quantitative estimate of drug-likeness (QED) is 0.442. The molecule has 1 heterocycles. The van der Waals surface area contributed by atoms with Crippen LogP contribution in [0.2, 0.25) is 0 Å². The molecule has 1 fully saturated rings. The molecule has 0 bridgehead atoms. The smallest absolute Gasteiger partial charge is 0.254 e. The number of benzene rings is 2. The second kappa shape index (κ2) is 11.1. The van der Waals surface area contributed by atoms with Crippen LogP contribution >= 0.6 is 11.8 Å². The average Bonchev–Trinajstić information content (AvgIpc) is 3.15. The van der Waals surface area contributed by atoms with E-state index in [-0.39, 0.29) is 29.5 Å². The Hall–Kier alpha value is -3.04. The fourth-order valence-corrected chi connectivity index (χ4v) is 5.39. The minimum atomic E-state index is -1.58. The van der Waals surface area contributed by atoms with Gasteiger partial charge in [-0.25, -0.2) is 0 Å². The molecule has 1 aliphatic rings. The largest absolute Gasteiger partial charge is 0.508 e. The predicted octanol–water partition coefficient (Wildman–Crippen LogP) is 2.22. The van der Waals surface area contributed by atoms with E-state index in [4.69, 9.17) is 0 Å². The molecule has 1 saturated heterocycles. The van der Waals surface area contributed by atoms with Crippen molar-refractivity contribution in [3.05, 3.63) is 65.2 Å². The van der Waals surface area contributed by atoms with Crippen LogP contribution in [0.25, 0.3) is 0 Å². The number of nitrogens with one attached hydrogen (secondary N) is 2. The highest BCUT2D eigenvalue weighted by Gasteiger charge is 2.49. The fourth-order valence-electron chi connectivity index (χ4n) is 4.25. The molecular formula is C26H33N3O5S. The lowest BCUT2D eigenvalue weighted by Crippen LogP contribution is -2.58. The van der Waals surface area contributed by atoms with E-state index in [1.54, 1.807) is 19.1 Å². The van der Waals surface area contributed by atoms with E-state index < -0.39 is 34.7 Å². The first kappa shape index (κ1) is 26.6. The first-order chi connectivity index (χ1) is 16.6. The van der Waals surface area contributed by atoms with Gasteiger partial charge in [0.1, 0.15) is 11.8 Å². The standard InChI is InChI=1S/C26H33N3O5S/c1-5-27-24(33)22-26(3,4)35-15-29(22)25(34)21(31)19(14-17-10-7-6-8-11-17)28-23(32)18-12-9-13-20(30)16(18)2/h6-13,19,21-22,30-31H,5,14-15H2,1-4H3,(H,27,33)(H,28,32)/t19-,21-,22+/m0/s1. The fraction of sp³-hybridized carbons (Fsp3) is 0.423. The number of aliphatic hydroxyl groups is 1. The van der Waals surface area contributed by atoms with Crippen LogP contribution in [0.3, 0.4) is 0 Å². The molecule has 3 rings (SSSR count). The van der Waals surface area contributed by atoms with Gasteiger partial charge in [0, 0.05) is 22.4 Å². The van der Waals surface area contributed by atoms with Crippen LogP contribution in [0.4, 0.5) is 0 Å². The summed E-state index contributed by atoms with van der Waals surface area (Å²) < 4.78 is -0.536. The number of amides is 3. The number of thioether (sulfide) groups is 1. The zero-order valence-corrected chi connectivity index (χ0v) is 21.3. The molecule has 4 N–H and O–H groups in total. The molecule has 3 atom stereocenters. The van der Waals surface area contributed by atoms with Crippen molar-refractivity contribution in [2.75, 3.05) is 12.4 Å². The summed E-state index contributed by atoms with van der Waals surface area (Å²) in [6, 6.07) is 12.1. The number of nitrogens with zero attached hydrogens (tertiary/aromatic N) is 1. The molecule has 0 aromatic heterocycles. The Morgan fingerprint density at radius 1 is 1.14 bits per heavy atom. The van der Waals surface area contributed by atoms with Crippen LogP contribution in [0.5, 0.6) is 5.75 Å². The number of phenolic OH excluding ortho intramolecular Hbond substituents is 1. The molecule has 3 amide bonds. The molecule has 1 aliphatic heterocycles. The first-order valence-electron chi connectivity index (χ1n) is 11.6. The summed E-state index contributed by atoms with van der Waals surface area (Å²) in [5, 5.41) is 26.8. The lowest BCUT2D eigenvalue weighted by Gasteiger charge is -2.33. The molecule has 0 saturated carbocycles. The normalized spacial score (nSPS) is 18.5. The van der Waals surface area contributed by atoms with Crippen LogP contribution in [-0.4, -0.2) is 68.2 Å². The molecule has 2 aromatic rings. The van der Waals surface area contributed by atoms with E-state index in [1.807, 2.05) is 51.1 Å². The van der Waals surface area contributed by atoms with Gasteiger partial charge in [0.2, 0.25) is 5.91 Å². The third-order valence-corrected chi connectivity index (χ3v) is 7.60. The van der Waals surface area contributed by atoms with Gasteiger partial charge < -0.3 is 25.7 Å². The second-order valence-corrected chi connectivity index (χ2v) is 10.7. The number of aromatic hydroxyl groups is 1. The summed E-state index contributed by atoms with van der Waals surface area (Å²) in [7, 11) is 0. The van der Waals surface area contributed by atoms with E-state index in [0.717, 1.165) is 5.56 Å². The summed E-state index contributed by atoms with van der Waals surface area (Å²) in [5.74, 6) is -1.17. The first-order valence-corrected chi connectivity index (χ1v) is 12.6. The Bertz CT molecular complexity index is 1080. The lowest BCUT2D eigenvalue weighted by molar-refractivity contribution is -0.147. The molecular weight excluding hydrogens is 466 g/mol. The molecule has 0 spiro atoms. The molecule has 2 aromatic carbocycles. The Morgan fingerprint density at radius 2 is 1.83 bits per heavy atom. The molecule has 9 heteroatoms. The third-order valence-electron chi connectivity index (χ3n) is 6.23. The monoisotopic (exact) mass is 499 g/mol. The van der Waals surface area contributed by atoms with E-state index in [0.29, 0.717) is 12.1 Å². The van der Waals surface area contributed by atoms with Gasteiger partial charge in [0.05, 0.1) is 11.9 Å². The van der Waals surface area contributed by atoms with Gasteiger partial charge >= 0.3 is 0 Å². The molecule has 0 unspecified atom stereocenters. The summed E-state index contributed by atoms with van der Waals surface area (Å²) in [5.41, 5.74) is 1.48. The zero-order chi connectivity index (χ0) is 25.8. The highest BCUT2D eigenvalue weighted by molar-refractivity contribution is 8.00. The topological polar surface area (TPSA) is 119 Å². The van der Waals surface area contributed by atoms with Gasteiger partial charge in [0.15, 0.2) is 6.10 Å². The molecule has 0 radical (unpaired) electrons. The predicted molar refractivity (Wildman–Crippen MR) is 136 cm³/mol. The van der Waals surface area contributed by atoms with Crippen LogP contribution in [-0.2, 0) is 16.0 Å². The number of carbonyl (C=O) groups excluding carboxylic acids is 3. The van der Waals surface area contributed by atoms with Crippen molar-refractivity contribution < 1.29 is 24.6 Å². The Morgan fingerprint density at radius 3 is 2.49 bits per heavy atom. The van der Waals surface area contributed by atoms with Crippen molar-refractivity contribution in [3.63, 3.8) is 0 Å². The lowest BCUT2D eigenvalue weighted by atomic mass is 9.96. The van der Waals surface area contributed by atoms with E-state index in [2.05, 4.69) is 10.6 Å².